The number of carbonyl (C=O) groups is 2. The predicted molar refractivity (Wildman–Crippen MR) is 114 cm³/mol. The maximum absolute atomic E-state index is 12.6. The highest BCUT2D eigenvalue weighted by Crippen LogP contribution is 2.24. The third-order valence-electron chi connectivity index (χ3n) is 5.30. The van der Waals surface area contributed by atoms with Crippen molar-refractivity contribution < 1.29 is 14.7 Å². The fourth-order valence-electron chi connectivity index (χ4n) is 3.82. The second-order valence-electron chi connectivity index (χ2n) is 7.47. The van der Waals surface area contributed by atoms with E-state index in [4.69, 9.17) is 23.2 Å². The summed E-state index contributed by atoms with van der Waals surface area (Å²) in [4.78, 5) is 27.8. The second-order valence-corrected chi connectivity index (χ2v) is 8.34. The Bertz CT molecular complexity index is 842. The molecule has 1 aromatic heterocycles. The van der Waals surface area contributed by atoms with Crippen LogP contribution in [0, 0.1) is 0 Å². The molecule has 1 unspecified atom stereocenters. The molecule has 0 saturated carbocycles. The topological polar surface area (TPSA) is 102 Å². The molecule has 1 aliphatic rings. The van der Waals surface area contributed by atoms with E-state index in [-0.39, 0.29) is 18.5 Å². The van der Waals surface area contributed by atoms with Crippen molar-refractivity contribution in [2.24, 2.45) is 0 Å². The van der Waals surface area contributed by atoms with Crippen LogP contribution in [0.25, 0.3) is 0 Å². The molecule has 30 heavy (non-hydrogen) atoms. The Morgan fingerprint density at radius 3 is 2.63 bits per heavy atom. The fourth-order valence-corrected chi connectivity index (χ4v) is 4.39. The third kappa shape index (κ3) is 6.34. The number of amides is 2. The van der Waals surface area contributed by atoms with Crippen LogP contribution in [0.4, 0.5) is 4.79 Å². The van der Waals surface area contributed by atoms with Gasteiger partial charge in [-0.1, -0.05) is 28.4 Å². The molecule has 3 rings (SSSR count). The van der Waals surface area contributed by atoms with Gasteiger partial charge in [-0.25, -0.2) is 4.79 Å². The molecule has 10 heteroatoms. The van der Waals surface area contributed by atoms with Crippen LogP contribution in [-0.4, -0.2) is 61.4 Å². The normalized spacial score (nSPS) is 16.9. The van der Waals surface area contributed by atoms with Crippen molar-refractivity contribution in [1.82, 2.24) is 25.2 Å². The summed E-state index contributed by atoms with van der Waals surface area (Å²) in [6.45, 7) is 1.41. The summed E-state index contributed by atoms with van der Waals surface area (Å²) >= 11 is 12.1. The first kappa shape index (κ1) is 22.4. The molecule has 162 valence electrons. The largest absolute Gasteiger partial charge is 0.465 e. The van der Waals surface area contributed by atoms with Crippen LogP contribution in [-0.2, 0) is 17.8 Å². The van der Waals surface area contributed by atoms with Gasteiger partial charge in [-0.3, -0.25) is 9.89 Å². The number of hydrogen-bond donors (Lipinski definition) is 2. The van der Waals surface area contributed by atoms with Gasteiger partial charge in [-0.05, 0) is 55.9 Å². The Morgan fingerprint density at radius 2 is 1.97 bits per heavy atom. The first-order valence-corrected chi connectivity index (χ1v) is 10.8. The molecule has 1 aliphatic heterocycles. The molecule has 1 atom stereocenters. The van der Waals surface area contributed by atoms with Gasteiger partial charge >= 0.3 is 6.09 Å². The van der Waals surface area contributed by atoms with E-state index in [0.29, 0.717) is 55.2 Å². The number of carbonyl (C=O) groups excluding carboxylic acids is 1. The van der Waals surface area contributed by atoms with Gasteiger partial charge in [0.15, 0.2) is 0 Å². The SMILES string of the molecule is O=C(CCCc1c[nH]nn1)N1CCCC(N(Cc2cc(Cl)cc(Cl)c2)C(=O)O)CC1. The third-order valence-corrected chi connectivity index (χ3v) is 5.74. The van der Waals surface area contributed by atoms with Crippen molar-refractivity contribution in [3.63, 3.8) is 0 Å². The molecule has 2 aromatic rings. The lowest BCUT2D eigenvalue weighted by atomic mass is 10.1. The summed E-state index contributed by atoms with van der Waals surface area (Å²) in [6, 6.07) is 4.92. The van der Waals surface area contributed by atoms with Gasteiger partial charge in [0.05, 0.1) is 5.69 Å². The molecule has 0 spiro atoms. The molecule has 0 bridgehead atoms. The monoisotopic (exact) mass is 453 g/mol. The Labute approximate surface area is 185 Å². The van der Waals surface area contributed by atoms with Crippen LogP contribution in [0.2, 0.25) is 10.0 Å². The average Bonchev–Trinajstić information content (AvgIpc) is 3.08. The number of benzene rings is 1. The minimum atomic E-state index is -0.983. The fraction of sp³-hybridized carbons (Fsp3) is 0.500. The number of aryl methyl sites for hydroxylation is 1. The highest BCUT2D eigenvalue weighted by atomic mass is 35.5. The summed E-state index contributed by atoms with van der Waals surface area (Å²) in [7, 11) is 0. The zero-order valence-electron chi connectivity index (χ0n) is 16.6. The van der Waals surface area contributed by atoms with Gasteiger partial charge < -0.3 is 14.9 Å². The van der Waals surface area contributed by atoms with Crippen molar-refractivity contribution >= 4 is 35.2 Å². The standard InChI is InChI=1S/C20H25Cl2N5O3/c21-15-9-14(10-16(22)11-15)13-27(20(29)30)18-4-2-7-26(8-6-18)19(28)5-1-3-17-12-23-25-24-17/h9-12,18H,1-8,13H2,(H,29,30)(H,23,24,25). The quantitative estimate of drug-likeness (QED) is 0.659. The highest BCUT2D eigenvalue weighted by Gasteiger charge is 2.27. The number of likely N-dealkylation sites (tertiary alicyclic amines) is 1. The number of carboxylic acid groups (broad SMARTS) is 1. The predicted octanol–water partition coefficient (Wildman–Crippen LogP) is 4.00. The van der Waals surface area contributed by atoms with E-state index in [9.17, 15) is 14.7 Å². The number of H-pyrrole nitrogens is 1. The van der Waals surface area contributed by atoms with E-state index in [1.807, 2.05) is 4.90 Å². The number of rotatable bonds is 7. The van der Waals surface area contributed by atoms with Crippen molar-refractivity contribution in [2.75, 3.05) is 13.1 Å². The number of halogens is 2. The summed E-state index contributed by atoms with van der Waals surface area (Å²) in [5.74, 6) is 0.0997. The molecular weight excluding hydrogens is 429 g/mol. The molecule has 1 saturated heterocycles. The van der Waals surface area contributed by atoms with Crippen LogP contribution in [0.15, 0.2) is 24.4 Å². The molecule has 2 N–H and O–H groups in total. The number of aromatic amines is 1. The molecule has 0 radical (unpaired) electrons. The summed E-state index contributed by atoms with van der Waals surface area (Å²) in [5.41, 5.74) is 1.59. The molecular formula is C20H25Cl2N5O3. The molecule has 0 aliphatic carbocycles. The number of hydrogen-bond acceptors (Lipinski definition) is 4. The molecule has 2 amide bonds. The van der Waals surface area contributed by atoms with Crippen molar-refractivity contribution in [2.45, 2.75) is 51.1 Å². The van der Waals surface area contributed by atoms with Crippen LogP contribution in [0.1, 0.15) is 43.4 Å². The summed E-state index contributed by atoms with van der Waals surface area (Å²) < 4.78 is 0. The van der Waals surface area contributed by atoms with Gasteiger partial charge in [0.25, 0.3) is 0 Å². The lowest BCUT2D eigenvalue weighted by molar-refractivity contribution is -0.131. The van der Waals surface area contributed by atoms with Crippen LogP contribution < -0.4 is 0 Å². The number of nitrogens with zero attached hydrogens (tertiary/aromatic N) is 4. The van der Waals surface area contributed by atoms with Crippen LogP contribution in [0.5, 0.6) is 0 Å². The van der Waals surface area contributed by atoms with Gasteiger partial charge in [0.2, 0.25) is 5.91 Å². The second kappa shape index (κ2) is 10.6. The molecule has 2 heterocycles. The zero-order chi connectivity index (χ0) is 21.5. The zero-order valence-corrected chi connectivity index (χ0v) is 18.1. The van der Waals surface area contributed by atoms with E-state index in [1.54, 1.807) is 24.4 Å². The minimum Gasteiger partial charge on any atom is -0.465 e. The maximum atomic E-state index is 12.6. The smallest absolute Gasteiger partial charge is 0.407 e. The maximum Gasteiger partial charge on any atom is 0.407 e. The first-order valence-electron chi connectivity index (χ1n) is 10.00. The lowest BCUT2D eigenvalue weighted by Gasteiger charge is -2.29. The van der Waals surface area contributed by atoms with Gasteiger partial charge in [-0.2, -0.15) is 0 Å². The Morgan fingerprint density at radius 1 is 1.20 bits per heavy atom. The molecule has 1 aromatic carbocycles. The molecule has 1 fully saturated rings. The Balaban J connectivity index is 1.55. The van der Waals surface area contributed by atoms with E-state index < -0.39 is 6.09 Å². The van der Waals surface area contributed by atoms with E-state index in [1.165, 1.54) is 4.90 Å². The van der Waals surface area contributed by atoms with E-state index in [2.05, 4.69) is 15.4 Å². The number of nitrogens with one attached hydrogen (secondary N) is 1. The van der Waals surface area contributed by atoms with Crippen molar-refractivity contribution in [3.05, 3.63) is 45.7 Å². The van der Waals surface area contributed by atoms with Crippen molar-refractivity contribution in [1.29, 1.82) is 0 Å². The van der Waals surface area contributed by atoms with Gasteiger partial charge in [0, 0.05) is 48.3 Å². The first-order chi connectivity index (χ1) is 14.4. The Hall–Kier alpha value is -2.32. The minimum absolute atomic E-state index is 0.0997. The molecule has 8 nitrogen and oxygen atoms in total. The van der Waals surface area contributed by atoms with E-state index >= 15 is 0 Å². The van der Waals surface area contributed by atoms with Gasteiger partial charge in [-0.15, -0.1) is 5.10 Å². The lowest BCUT2D eigenvalue weighted by Crippen LogP contribution is -2.40. The van der Waals surface area contributed by atoms with Gasteiger partial charge in [0.1, 0.15) is 0 Å². The van der Waals surface area contributed by atoms with E-state index in [0.717, 1.165) is 17.7 Å². The number of aromatic nitrogens is 3. The van der Waals surface area contributed by atoms with Crippen LogP contribution >= 0.6 is 23.2 Å². The Kier molecular flexibility index (Phi) is 7.93. The summed E-state index contributed by atoms with van der Waals surface area (Å²) in [5, 5.41) is 21.0. The van der Waals surface area contributed by atoms with Crippen LogP contribution in [0.3, 0.4) is 0 Å². The average molecular weight is 454 g/mol. The van der Waals surface area contributed by atoms with Crippen molar-refractivity contribution in [3.8, 4) is 0 Å². The highest BCUT2D eigenvalue weighted by molar-refractivity contribution is 6.34. The summed E-state index contributed by atoms with van der Waals surface area (Å²) in [6.07, 6.45) is 4.69.